The number of hydrogen-bond acceptors (Lipinski definition) is 2. The van der Waals surface area contributed by atoms with Gasteiger partial charge in [0.25, 0.3) is 0 Å². The molecule has 0 fully saturated rings. The van der Waals surface area contributed by atoms with Crippen molar-refractivity contribution in [1.29, 1.82) is 0 Å². The van der Waals surface area contributed by atoms with Gasteiger partial charge in [-0.05, 0) is 48.7 Å². The standard InChI is InChI=1S/C18H22ClNO/c1-4-18(21)15-7-11-17(12-8-15)20(3)13(2)14-5-9-16(19)10-6-14/h5-13,18,21H,4H2,1-3H3. The van der Waals surface area contributed by atoms with E-state index in [1.165, 1.54) is 5.56 Å². The zero-order valence-electron chi connectivity index (χ0n) is 12.8. The van der Waals surface area contributed by atoms with Crippen molar-refractivity contribution < 1.29 is 5.11 Å². The van der Waals surface area contributed by atoms with E-state index in [9.17, 15) is 5.11 Å². The first-order valence-electron chi connectivity index (χ1n) is 7.29. The lowest BCUT2D eigenvalue weighted by molar-refractivity contribution is 0.173. The first-order valence-corrected chi connectivity index (χ1v) is 7.67. The smallest absolute Gasteiger partial charge is 0.0787 e. The number of halogens is 1. The van der Waals surface area contributed by atoms with Gasteiger partial charge in [0.15, 0.2) is 0 Å². The Labute approximate surface area is 132 Å². The molecule has 2 unspecified atom stereocenters. The minimum absolute atomic E-state index is 0.254. The third-order valence-electron chi connectivity index (χ3n) is 4.01. The molecule has 2 aromatic rings. The largest absolute Gasteiger partial charge is 0.388 e. The van der Waals surface area contributed by atoms with E-state index in [2.05, 4.69) is 43.1 Å². The van der Waals surface area contributed by atoms with Gasteiger partial charge in [-0.25, -0.2) is 0 Å². The molecule has 112 valence electrons. The van der Waals surface area contributed by atoms with Crippen LogP contribution in [0.25, 0.3) is 0 Å². The van der Waals surface area contributed by atoms with Gasteiger partial charge in [0.2, 0.25) is 0 Å². The maximum absolute atomic E-state index is 9.85. The second-order valence-corrected chi connectivity index (χ2v) is 5.79. The molecular formula is C18H22ClNO. The average Bonchev–Trinajstić information content (AvgIpc) is 2.53. The second-order valence-electron chi connectivity index (χ2n) is 5.35. The zero-order chi connectivity index (χ0) is 15.4. The van der Waals surface area contributed by atoms with Gasteiger partial charge < -0.3 is 10.0 Å². The predicted molar refractivity (Wildman–Crippen MR) is 90.0 cm³/mol. The van der Waals surface area contributed by atoms with E-state index in [4.69, 9.17) is 11.6 Å². The summed E-state index contributed by atoms with van der Waals surface area (Å²) in [7, 11) is 2.07. The number of aliphatic hydroxyl groups excluding tert-OH is 1. The van der Waals surface area contributed by atoms with E-state index in [-0.39, 0.29) is 12.1 Å². The van der Waals surface area contributed by atoms with E-state index < -0.39 is 0 Å². The molecule has 0 bridgehead atoms. The fraction of sp³-hybridized carbons (Fsp3) is 0.333. The molecule has 0 aliphatic heterocycles. The molecule has 0 heterocycles. The molecule has 2 aromatic carbocycles. The lowest BCUT2D eigenvalue weighted by Crippen LogP contribution is -2.21. The van der Waals surface area contributed by atoms with Crippen LogP contribution in [-0.4, -0.2) is 12.2 Å². The Hall–Kier alpha value is -1.51. The van der Waals surface area contributed by atoms with Crippen LogP contribution >= 0.6 is 11.6 Å². The maximum Gasteiger partial charge on any atom is 0.0787 e. The highest BCUT2D eigenvalue weighted by Gasteiger charge is 2.13. The van der Waals surface area contributed by atoms with Crippen LogP contribution in [0.5, 0.6) is 0 Å². The van der Waals surface area contributed by atoms with Crippen molar-refractivity contribution in [1.82, 2.24) is 0 Å². The summed E-state index contributed by atoms with van der Waals surface area (Å²) in [6.07, 6.45) is 0.356. The summed E-state index contributed by atoms with van der Waals surface area (Å²) < 4.78 is 0. The third kappa shape index (κ3) is 3.78. The van der Waals surface area contributed by atoms with Crippen molar-refractivity contribution >= 4 is 17.3 Å². The summed E-state index contributed by atoms with van der Waals surface area (Å²) in [6, 6.07) is 16.3. The Morgan fingerprint density at radius 1 is 1.00 bits per heavy atom. The normalized spacial score (nSPS) is 13.8. The van der Waals surface area contributed by atoms with Gasteiger partial charge in [-0.1, -0.05) is 42.8 Å². The molecule has 3 heteroatoms. The summed E-state index contributed by atoms with van der Waals surface area (Å²) >= 11 is 5.94. The van der Waals surface area contributed by atoms with E-state index >= 15 is 0 Å². The molecule has 2 atom stereocenters. The molecule has 2 nitrogen and oxygen atoms in total. The highest BCUT2D eigenvalue weighted by Crippen LogP contribution is 2.27. The fourth-order valence-corrected chi connectivity index (χ4v) is 2.48. The third-order valence-corrected chi connectivity index (χ3v) is 4.26. The van der Waals surface area contributed by atoms with Crippen LogP contribution in [0.3, 0.4) is 0 Å². The highest BCUT2D eigenvalue weighted by atomic mass is 35.5. The molecule has 1 N–H and O–H groups in total. The molecule has 0 aliphatic carbocycles. The summed E-state index contributed by atoms with van der Waals surface area (Å²) in [6.45, 7) is 4.14. The second kappa shape index (κ2) is 6.97. The molecule has 2 rings (SSSR count). The summed E-state index contributed by atoms with van der Waals surface area (Å²) in [5.41, 5.74) is 3.32. The predicted octanol–water partition coefficient (Wildman–Crippen LogP) is 4.98. The molecule has 0 spiro atoms. The Kier molecular flexibility index (Phi) is 5.27. The van der Waals surface area contributed by atoms with Crippen molar-refractivity contribution in [3.8, 4) is 0 Å². The van der Waals surface area contributed by atoms with Crippen LogP contribution in [0.2, 0.25) is 5.02 Å². The van der Waals surface area contributed by atoms with Gasteiger partial charge in [-0.2, -0.15) is 0 Å². The average molecular weight is 304 g/mol. The first-order chi connectivity index (χ1) is 10.0. The number of hydrogen-bond donors (Lipinski definition) is 1. The summed E-state index contributed by atoms with van der Waals surface area (Å²) in [5.74, 6) is 0. The zero-order valence-corrected chi connectivity index (χ0v) is 13.5. The van der Waals surface area contributed by atoms with Crippen molar-refractivity contribution in [2.24, 2.45) is 0 Å². The Morgan fingerprint density at radius 3 is 2.05 bits per heavy atom. The quantitative estimate of drug-likeness (QED) is 0.842. The monoisotopic (exact) mass is 303 g/mol. The van der Waals surface area contributed by atoms with Crippen LogP contribution in [-0.2, 0) is 0 Å². The van der Waals surface area contributed by atoms with Crippen LogP contribution in [0.4, 0.5) is 5.69 Å². The van der Waals surface area contributed by atoms with Crippen LogP contribution < -0.4 is 4.90 Å². The number of benzene rings is 2. The van der Waals surface area contributed by atoms with Crippen LogP contribution in [0.15, 0.2) is 48.5 Å². The number of nitrogens with zero attached hydrogens (tertiary/aromatic N) is 1. The topological polar surface area (TPSA) is 23.5 Å². The van der Waals surface area contributed by atoms with Gasteiger partial charge in [0.05, 0.1) is 12.1 Å². The number of aliphatic hydroxyl groups is 1. The van der Waals surface area contributed by atoms with Gasteiger partial charge in [0, 0.05) is 17.8 Å². The van der Waals surface area contributed by atoms with Gasteiger partial charge in [-0.15, -0.1) is 0 Å². The van der Waals surface area contributed by atoms with Gasteiger partial charge in [-0.3, -0.25) is 0 Å². The molecule has 0 amide bonds. The fourth-order valence-electron chi connectivity index (χ4n) is 2.36. The van der Waals surface area contributed by atoms with Gasteiger partial charge in [0.1, 0.15) is 0 Å². The molecule has 21 heavy (non-hydrogen) atoms. The summed E-state index contributed by atoms with van der Waals surface area (Å²) in [5, 5.41) is 10.6. The first kappa shape index (κ1) is 15.9. The van der Waals surface area contributed by atoms with Gasteiger partial charge >= 0.3 is 0 Å². The lowest BCUT2D eigenvalue weighted by atomic mass is 10.0. The highest BCUT2D eigenvalue weighted by molar-refractivity contribution is 6.30. The SMILES string of the molecule is CCC(O)c1ccc(N(C)C(C)c2ccc(Cl)cc2)cc1. The Balaban J connectivity index is 2.15. The van der Waals surface area contributed by atoms with E-state index in [0.29, 0.717) is 0 Å². The van der Waals surface area contributed by atoms with E-state index in [0.717, 1.165) is 22.7 Å². The minimum Gasteiger partial charge on any atom is -0.388 e. The Bertz CT molecular complexity index is 565. The summed E-state index contributed by atoms with van der Waals surface area (Å²) in [4.78, 5) is 2.21. The molecule has 0 saturated carbocycles. The Morgan fingerprint density at radius 2 is 1.52 bits per heavy atom. The molecule has 0 saturated heterocycles. The minimum atomic E-state index is -0.377. The van der Waals surface area contributed by atoms with Crippen molar-refractivity contribution in [3.63, 3.8) is 0 Å². The molecular weight excluding hydrogens is 282 g/mol. The van der Waals surface area contributed by atoms with Crippen molar-refractivity contribution in [3.05, 3.63) is 64.7 Å². The maximum atomic E-state index is 9.85. The molecule has 0 aliphatic rings. The molecule has 0 aromatic heterocycles. The van der Waals surface area contributed by atoms with Crippen molar-refractivity contribution in [2.75, 3.05) is 11.9 Å². The molecule has 0 radical (unpaired) electrons. The number of anilines is 1. The van der Waals surface area contributed by atoms with E-state index in [1.807, 2.05) is 31.2 Å². The number of rotatable bonds is 5. The van der Waals surface area contributed by atoms with Crippen molar-refractivity contribution in [2.45, 2.75) is 32.4 Å². The lowest BCUT2D eigenvalue weighted by Gasteiger charge is -2.28. The van der Waals surface area contributed by atoms with Crippen LogP contribution in [0.1, 0.15) is 43.5 Å². The van der Waals surface area contributed by atoms with E-state index in [1.54, 1.807) is 0 Å². The van der Waals surface area contributed by atoms with Crippen LogP contribution in [0, 0.1) is 0 Å².